The van der Waals surface area contributed by atoms with E-state index in [4.69, 9.17) is 4.74 Å². The first-order valence-electron chi connectivity index (χ1n) is 5.15. The van der Waals surface area contributed by atoms with Gasteiger partial charge in [0, 0.05) is 26.0 Å². The van der Waals surface area contributed by atoms with E-state index in [1.807, 2.05) is 17.8 Å². The highest BCUT2D eigenvalue weighted by molar-refractivity contribution is 4.89. The molecule has 1 aromatic rings. The monoisotopic (exact) mass is 195 g/mol. The molecular weight excluding hydrogens is 178 g/mol. The first-order valence-corrected chi connectivity index (χ1v) is 5.15. The highest BCUT2D eigenvalue weighted by Gasteiger charge is 2.13. The number of rotatable bonds is 3. The van der Waals surface area contributed by atoms with E-state index >= 15 is 0 Å². The van der Waals surface area contributed by atoms with E-state index in [1.54, 1.807) is 6.20 Å². The lowest BCUT2D eigenvalue weighted by Crippen LogP contribution is -2.35. The molecule has 78 valence electrons. The van der Waals surface area contributed by atoms with Crippen LogP contribution in [0.15, 0.2) is 12.4 Å². The van der Waals surface area contributed by atoms with Crippen LogP contribution in [-0.4, -0.2) is 28.7 Å². The molecule has 4 heteroatoms. The Balaban J connectivity index is 1.79. The Bertz CT molecular complexity index is 279. The molecule has 1 saturated heterocycles. The second kappa shape index (κ2) is 4.57. The summed E-state index contributed by atoms with van der Waals surface area (Å²) in [6, 6.07) is 0. The van der Waals surface area contributed by atoms with Crippen molar-refractivity contribution in [3.63, 3.8) is 0 Å². The Morgan fingerprint density at radius 2 is 2.64 bits per heavy atom. The lowest BCUT2D eigenvalue weighted by molar-refractivity contribution is 0.0208. The molecule has 14 heavy (non-hydrogen) atoms. The molecule has 0 aliphatic carbocycles. The summed E-state index contributed by atoms with van der Waals surface area (Å²) in [4.78, 5) is 4.22. The highest BCUT2D eigenvalue weighted by Crippen LogP contribution is 2.08. The van der Waals surface area contributed by atoms with Crippen molar-refractivity contribution < 1.29 is 4.74 Å². The molecule has 0 radical (unpaired) electrons. The van der Waals surface area contributed by atoms with Crippen molar-refractivity contribution in [1.82, 2.24) is 14.9 Å². The maximum atomic E-state index is 5.76. The Morgan fingerprint density at radius 3 is 3.29 bits per heavy atom. The van der Waals surface area contributed by atoms with E-state index in [1.165, 1.54) is 6.42 Å². The average molecular weight is 195 g/mol. The minimum atomic E-state index is 0.362. The van der Waals surface area contributed by atoms with Crippen molar-refractivity contribution in [3.05, 3.63) is 18.2 Å². The van der Waals surface area contributed by atoms with E-state index in [0.717, 1.165) is 25.3 Å². The van der Waals surface area contributed by atoms with Crippen LogP contribution in [0.5, 0.6) is 0 Å². The number of aryl methyl sites for hydroxylation is 1. The lowest BCUT2D eigenvalue weighted by Gasteiger charge is -2.22. The predicted octanol–water partition coefficient (Wildman–Crippen LogP) is 0.689. The normalized spacial score (nSPS) is 22.5. The third kappa shape index (κ3) is 2.33. The summed E-state index contributed by atoms with van der Waals surface area (Å²) in [6.07, 6.45) is 6.48. The molecule has 1 N–H and O–H groups in total. The van der Waals surface area contributed by atoms with Gasteiger partial charge in [-0.2, -0.15) is 0 Å². The minimum Gasteiger partial charge on any atom is -0.369 e. The van der Waals surface area contributed by atoms with E-state index in [-0.39, 0.29) is 0 Å². The van der Waals surface area contributed by atoms with E-state index in [0.29, 0.717) is 12.7 Å². The molecule has 0 unspecified atom stereocenters. The van der Waals surface area contributed by atoms with Crippen LogP contribution in [0, 0.1) is 0 Å². The highest BCUT2D eigenvalue weighted by atomic mass is 16.5. The summed E-state index contributed by atoms with van der Waals surface area (Å²) in [7, 11) is 1.99. The van der Waals surface area contributed by atoms with Crippen molar-refractivity contribution >= 4 is 0 Å². The molecule has 1 aliphatic rings. The Morgan fingerprint density at radius 1 is 1.71 bits per heavy atom. The summed E-state index contributed by atoms with van der Waals surface area (Å²) < 4.78 is 7.76. The predicted molar refractivity (Wildman–Crippen MR) is 53.9 cm³/mol. The maximum Gasteiger partial charge on any atom is 0.134 e. The molecule has 1 aliphatic heterocycles. The van der Waals surface area contributed by atoms with Gasteiger partial charge in [0.1, 0.15) is 12.4 Å². The average Bonchev–Trinajstić information content (AvgIpc) is 2.63. The van der Waals surface area contributed by atoms with Crippen LogP contribution in [0.3, 0.4) is 0 Å². The van der Waals surface area contributed by atoms with Crippen molar-refractivity contribution in [1.29, 1.82) is 0 Å². The second-order valence-corrected chi connectivity index (χ2v) is 3.73. The van der Waals surface area contributed by atoms with Crippen LogP contribution < -0.4 is 5.32 Å². The van der Waals surface area contributed by atoms with Gasteiger partial charge in [0.2, 0.25) is 0 Å². The van der Waals surface area contributed by atoms with Gasteiger partial charge in [-0.3, -0.25) is 0 Å². The van der Waals surface area contributed by atoms with Crippen LogP contribution in [0.4, 0.5) is 0 Å². The van der Waals surface area contributed by atoms with E-state index < -0.39 is 0 Å². The summed E-state index contributed by atoms with van der Waals surface area (Å²) in [5, 5.41) is 3.33. The van der Waals surface area contributed by atoms with Crippen molar-refractivity contribution in [2.24, 2.45) is 7.05 Å². The number of hydrogen-bond acceptors (Lipinski definition) is 3. The molecule has 4 nitrogen and oxygen atoms in total. The summed E-state index contributed by atoms with van der Waals surface area (Å²) in [5.41, 5.74) is 0. The fraction of sp³-hybridized carbons (Fsp3) is 0.700. The van der Waals surface area contributed by atoms with Crippen LogP contribution >= 0.6 is 0 Å². The number of nitrogens with zero attached hydrogens (tertiary/aromatic N) is 2. The van der Waals surface area contributed by atoms with Crippen molar-refractivity contribution in [3.8, 4) is 0 Å². The number of ether oxygens (including phenoxy) is 1. The molecule has 0 saturated carbocycles. The summed E-state index contributed by atoms with van der Waals surface area (Å²) in [5.74, 6) is 0.996. The second-order valence-electron chi connectivity index (χ2n) is 3.73. The third-order valence-electron chi connectivity index (χ3n) is 2.62. The fourth-order valence-electron chi connectivity index (χ4n) is 1.69. The molecule has 0 aromatic carbocycles. The lowest BCUT2D eigenvalue weighted by atomic mass is 10.1. The minimum absolute atomic E-state index is 0.362. The van der Waals surface area contributed by atoms with Crippen LogP contribution in [-0.2, 0) is 18.4 Å². The Hall–Kier alpha value is -0.870. The molecular formula is C10H17N3O. The zero-order valence-electron chi connectivity index (χ0n) is 8.57. The standard InChI is InChI=1S/C10H17N3O/c1-13-6-5-12-10(13)8-14-9-3-2-4-11-7-9/h5-6,9,11H,2-4,7-8H2,1H3/t9-/m0/s1. The van der Waals surface area contributed by atoms with Gasteiger partial charge in [-0.15, -0.1) is 0 Å². The fourth-order valence-corrected chi connectivity index (χ4v) is 1.69. The van der Waals surface area contributed by atoms with Gasteiger partial charge in [-0.25, -0.2) is 4.98 Å². The van der Waals surface area contributed by atoms with E-state index in [9.17, 15) is 0 Å². The van der Waals surface area contributed by atoms with Crippen LogP contribution in [0.25, 0.3) is 0 Å². The largest absolute Gasteiger partial charge is 0.369 e. The van der Waals surface area contributed by atoms with Gasteiger partial charge < -0.3 is 14.6 Å². The molecule has 2 rings (SSSR count). The molecule has 0 spiro atoms. The SMILES string of the molecule is Cn1ccnc1CO[C@H]1CCCNC1. The number of hydrogen-bond donors (Lipinski definition) is 1. The smallest absolute Gasteiger partial charge is 0.134 e. The first-order chi connectivity index (χ1) is 6.86. The zero-order valence-corrected chi connectivity index (χ0v) is 8.57. The van der Waals surface area contributed by atoms with Crippen LogP contribution in [0.1, 0.15) is 18.7 Å². The summed E-state index contributed by atoms with van der Waals surface area (Å²) in [6.45, 7) is 2.72. The van der Waals surface area contributed by atoms with Gasteiger partial charge in [0.15, 0.2) is 0 Å². The number of nitrogens with one attached hydrogen (secondary N) is 1. The van der Waals surface area contributed by atoms with Gasteiger partial charge in [0.05, 0.1) is 6.10 Å². The number of imidazole rings is 1. The molecule has 1 fully saturated rings. The molecule has 0 amide bonds. The Kier molecular flexibility index (Phi) is 3.16. The number of aromatic nitrogens is 2. The maximum absolute atomic E-state index is 5.76. The molecule has 0 bridgehead atoms. The molecule has 2 heterocycles. The molecule has 1 aromatic heterocycles. The van der Waals surface area contributed by atoms with Crippen LogP contribution in [0.2, 0.25) is 0 Å². The van der Waals surface area contributed by atoms with Crippen molar-refractivity contribution in [2.75, 3.05) is 13.1 Å². The summed E-state index contributed by atoms with van der Waals surface area (Å²) >= 11 is 0. The van der Waals surface area contributed by atoms with E-state index in [2.05, 4.69) is 10.3 Å². The van der Waals surface area contributed by atoms with Gasteiger partial charge in [-0.1, -0.05) is 0 Å². The van der Waals surface area contributed by atoms with Gasteiger partial charge >= 0.3 is 0 Å². The first kappa shape index (κ1) is 9.68. The Labute approximate surface area is 84.3 Å². The quantitative estimate of drug-likeness (QED) is 0.771. The topological polar surface area (TPSA) is 39.1 Å². The van der Waals surface area contributed by atoms with Gasteiger partial charge in [0.25, 0.3) is 0 Å². The van der Waals surface area contributed by atoms with Crippen molar-refractivity contribution in [2.45, 2.75) is 25.6 Å². The third-order valence-corrected chi connectivity index (χ3v) is 2.62. The molecule has 1 atom stereocenters. The number of piperidine rings is 1. The van der Waals surface area contributed by atoms with Gasteiger partial charge in [-0.05, 0) is 19.4 Å². The zero-order chi connectivity index (χ0) is 9.80.